The van der Waals surface area contributed by atoms with Crippen LogP contribution in [-0.4, -0.2) is 34.6 Å². The number of carbonyl (C=O) groups is 1. The fourth-order valence-electron chi connectivity index (χ4n) is 4.22. The number of amides is 1. The van der Waals surface area contributed by atoms with Gasteiger partial charge in [0.2, 0.25) is 5.91 Å². The molecule has 1 aromatic carbocycles. The molecule has 0 radical (unpaired) electrons. The van der Waals surface area contributed by atoms with Crippen molar-refractivity contribution >= 4 is 40.2 Å². The number of pyridine rings is 1. The molecule has 1 fully saturated rings. The van der Waals surface area contributed by atoms with Gasteiger partial charge in [-0.05, 0) is 67.7 Å². The summed E-state index contributed by atoms with van der Waals surface area (Å²) in [6, 6.07) is 6.00. The van der Waals surface area contributed by atoms with Gasteiger partial charge in [0, 0.05) is 23.5 Å². The molecule has 26 heavy (non-hydrogen) atoms. The van der Waals surface area contributed by atoms with E-state index in [4.69, 9.17) is 16.6 Å². The number of carbonyl (C=O) groups excluding carboxylic acids is 1. The molecular formula is C21H25ClN2OS. The molecule has 1 aliphatic heterocycles. The number of likely N-dealkylation sites (tertiary alicyclic amines) is 1. The van der Waals surface area contributed by atoms with Crippen molar-refractivity contribution in [2.75, 3.05) is 18.8 Å². The van der Waals surface area contributed by atoms with Crippen molar-refractivity contribution in [1.82, 2.24) is 9.88 Å². The Balaban J connectivity index is 1.58. The first-order chi connectivity index (χ1) is 12.6. The van der Waals surface area contributed by atoms with E-state index in [-0.39, 0.29) is 5.91 Å². The maximum Gasteiger partial charge on any atom is 0.232 e. The van der Waals surface area contributed by atoms with Crippen molar-refractivity contribution in [1.29, 1.82) is 0 Å². The lowest BCUT2D eigenvalue weighted by Crippen LogP contribution is -2.40. The molecule has 5 heteroatoms. The Morgan fingerprint density at radius 2 is 2.08 bits per heavy atom. The third kappa shape index (κ3) is 3.72. The van der Waals surface area contributed by atoms with E-state index in [0.29, 0.717) is 11.7 Å². The van der Waals surface area contributed by atoms with Crippen molar-refractivity contribution in [3.05, 3.63) is 34.3 Å². The van der Waals surface area contributed by atoms with Crippen molar-refractivity contribution in [3.63, 3.8) is 0 Å². The van der Waals surface area contributed by atoms with Crippen molar-refractivity contribution in [2.24, 2.45) is 5.92 Å². The molecule has 0 N–H and O–H groups in total. The smallest absolute Gasteiger partial charge is 0.232 e. The maximum absolute atomic E-state index is 12.7. The SMILES string of the molecule is C[C@H]1CCCN(C(=O)CSc2nc3cc(Cl)ccc3c3c2CCCC3)C1. The fraction of sp³-hybridized carbons (Fsp3) is 0.524. The topological polar surface area (TPSA) is 33.2 Å². The zero-order valence-electron chi connectivity index (χ0n) is 15.3. The van der Waals surface area contributed by atoms with Crippen LogP contribution in [0.25, 0.3) is 10.9 Å². The monoisotopic (exact) mass is 388 g/mol. The molecule has 0 bridgehead atoms. The number of hydrogen-bond acceptors (Lipinski definition) is 3. The molecule has 2 heterocycles. The number of nitrogens with zero attached hydrogens (tertiary/aromatic N) is 2. The number of aromatic nitrogens is 1. The number of rotatable bonds is 3. The van der Waals surface area contributed by atoms with Gasteiger partial charge in [-0.1, -0.05) is 36.4 Å². The number of halogens is 1. The van der Waals surface area contributed by atoms with Gasteiger partial charge in [-0.15, -0.1) is 0 Å². The zero-order chi connectivity index (χ0) is 18.1. The van der Waals surface area contributed by atoms with E-state index in [1.807, 2.05) is 17.0 Å². The number of hydrogen-bond donors (Lipinski definition) is 0. The third-order valence-electron chi connectivity index (χ3n) is 5.57. The van der Waals surface area contributed by atoms with E-state index in [0.717, 1.165) is 47.9 Å². The average molecular weight is 389 g/mol. The zero-order valence-corrected chi connectivity index (χ0v) is 16.8. The van der Waals surface area contributed by atoms with Crippen molar-refractivity contribution in [3.8, 4) is 0 Å². The number of piperidine rings is 1. The molecule has 1 atom stereocenters. The number of aryl methyl sites for hydroxylation is 1. The van der Waals surface area contributed by atoms with E-state index in [2.05, 4.69) is 13.0 Å². The van der Waals surface area contributed by atoms with Gasteiger partial charge < -0.3 is 4.90 Å². The second-order valence-corrected chi connectivity index (χ2v) is 9.02. The minimum absolute atomic E-state index is 0.249. The second-order valence-electron chi connectivity index (χ2n) is 7.62. The quantitative estimate of drug-likeness (QED) is 0.684. The van der Waals surface area contributed by atoms with Gasteiger partial charge in [0.1, 0.15) is 5.03 Å². The molecule has 1 saturated heterocycles. The highest BCUT2D eigenvalue weighted by molar-refractivity contribution is 7.99. The van der Waals surface area contributed by atoms with Gasteiger partial charge in [-0.25, -0.2) is 4.98 Å². The molecule has 0 spiro atoms. The van der Waals surface area contributed by atoms with Crippen LogP contribution in [0, 0.1) is 5.92 Å². The van der Waals surface area contributed by atoms with Crippen LogP contribution in [0.5, 0.6) is 0 Å². The van der Waals surface area contributed by atoms with Crippen LogP contribution in [0.3, 0.4) is 0 Å². The summed E-state index contributed by atoms with van der Waals surface area (Å²) in [5, 5.41) is 2.98. The lowest BCUT2D eigenvalue weighted by Gasteiger charge is -2.31. The lowest BCUT2D eigenvalue weighted by atomic mass is 9.90. The molecule has 4 rings (SSSR count). The first-order valence-electron chi connectivity index (χ1n) is 9.63. The van der Waals surface area contributed by atoms with E-state index in [1.54, 1.807) is 11.8 Å². The summed E-state index contributed by atoms with van der Waals surface area (Å²) in [5.41, 5.74) is 3.73. The first-order valence-corrected chi connectivity index (χ1v) is 11.0. The molecule has 138 valence electrons. The Labute approximate surface area is 164 Å². The minimum Gasteiger partial charge on any atom is -0.342 e. The molecule has 0 saturated carbocycles. The van der Waals surface area contributed by atoms with Crippen LogP contribution in [0.1, 0.15) is 43.7 Å². The van der Waals surface area contributed by atoms with Gasteiger partial charge in [0.15, 0.2) is 0 Å². The minimum atomic E-state index is 0.249. The lowest BCUT2D eigenvalue weighted by molar-refractivity contribution is -0.130. The van der Waals surface area contributed by atoms with Crippen LogP contribution in [0.4, 0.5) is 0 Å². The molecule has 2 aromatic rings. The normalized spacial score (nSPS) is 20.2. The molecule has 0 unspecified atom stereocenters. The van der Waals surface area contributed by atoms with E-state index < -0.39 is 0 Å². The first kappa shape index (κ1) is 18.1. The summed E-state index contributed by atoms with van der Waals surface area (Å²) >= 11 is 7.80. The van der Waals surface area contributed by atoms with Gasteiger partial charge in [-0.2, -0.15) is 0 Å². The Kier molecular flexibility index (Phi) is 5.42. The van der Waals surface area contributed by atoms with E-state index in [9.17, 15) is 4.79 Å². The summed E-state index contributed by atoms with van der Waals surface area (Å²) in [7, 11) is 0. The number of thioether (sulfide) groups is 1. The molecule has 1 aliphatic carbocycles. The molecule has 1 aromatic heterocycles. The van der Waals surface area contributed by atoms with E-state index in [1.165, 1.54) is 35.8 Å². The third-order valence-corrected chi connectivity index (χ3v) is 6.81. The predicted octanol–water partition coefficient (Wildman–Crippen LogP) is 5.12. The number of fused-ring (bicyclic) bond motifs is 3. The summed E-state index contributed by atoms with van der Waals surface area (Å²) in [5.74, 6) is 1.35. The van der Waals surface area contributed by atoms with Crippen molar-refractivity contribution < 1.29 is 4.79 Å². The van der Waals surface area contributed by atoms with Crippen LogP contribution in [0.2, 0.25) is 5.02 Å². The number of benzene rings is 1. The largest absolute Gasteiger partial charge is 0.342 e. The second kappa shape index (κ2) is 7.77. The molecule has 1 amide bonds. The van der Waals surface area contributed by atoms with Crippen LogP contribution in [0.15, 0.2) is 23.2 Å². The Hall–Kier alpha value is -1.26. The Bertz CT molecular complexity index is 838. The van der Waals surface area contributed by atoms with Gasteiger partial charge in [0.05, 0.1) is 11.3 Å². The standard InChI is InChI=1S/C21H25ClN2OS/c1-14-5-4-10-24(12-14)20(25)13-26-21-18-7-3-2-6-16(18)17-9-8-15(22)11-19(17)23-21/h8-9,11,14H,2-7,10,12-13H2,1H3/t14-/m0/s1. The van der Waals surface area contributed by atoms with Crippen LogP contribution >= 0.6 is 23.4 Å². The summed E-state index contributed by atoms with van der Waals surface area (Å²) in [6.07, 6.45) is 6.96. The molecule has 2 aliphatic rings. The summed E-state index contributed by atoms with van der Waals surface area (Å²) in [4.78, 5) is 19.6. The predicted molar refractivity (Wildman–Crippen MR) is 109 cm³/mol. The molecule has 3 nitrogen and oxygen atoms in total. The van der Waals surface area contributed by atoms with Gasteiger partial charge in [0.25, 0.3) is 0 Å². The highest BCUT2D eigenvalue weighted by atomic mass is 35.5. The highest BCUT2D eigenvalue weighted by Gasteiger charge is 2.23. The molecular weight excluding hydrogens is 364 g/mol. The van der Waals surface area contributed by atoms with Crippen molar-refractivity contribution in [2.45, 2.75) is 50.5 Å². The summed E-state index contributed by atoms with van der Waals surface area (Å²) in [6.45, 7) is 4.04. The van der Waals surface area contributed by atoms with Gasteiger partial charge in [-0.3, -0.25) is 4.79 Å². The average Bonchev–Trinajstić information content (AvgIpc) is 2.65. The van der Waals surface area contributed by atoms with Crippen LogP contribution < -0.4 is 0 Å². The van der Waals surface area contributed by atoms with Crippen LogP contribution in [-0.2, 0) is 17.6 Å². The van der Waals surface area contributed by atoms with Gasteiger partial charge >= 0.3 is 0 Å². The fourth-order valence-corrected chi connectivity index (χ4v) is 5.40. The maximum atomic E-state index is 12.7. The Morgan fingerprint density at radius 3 is 2.88 bits per heavy atom. The highest BCUT2D eigenvalue weighted by Crippen LogP contribution is 2.35. The van der Waals surface area contributed by atoms with E-state index >= 15 is 0 Å². The summed E-state index contributed by atoms with van der Waals surface area (Å²) < 4.78 is 0. The Morgan fingerprint density at radius 1 is 1.27 bits per heavy atom.